The van der Waals surface area contributed by atoms with Gasteiger partial charge >= 0.3 is 0 Å². The molecule has 0 unspecified atom stereocenters. The summed E-state index contributed by atoms with van der Waals surface area (Å²) in [6.45, 7) is 3.17. The molecule has 18 heavy (non-hydrogen) atoms. The van der Waals surface area contributed by atoms with E-state index < -0.39 is 5.60 Å². The largest absolute Gasteiger partial charge is 0.482 e. The van der Waals surface area contributed by atoms with Gasteiger partial charge in [-0.05, 0) is 26.0 Å². The van der Waals surface area contributed by atoms with Gasteiger partial charge in [-0.25, -0.2) is 0 Å². The molecule has 0 spiro atoms. The zero-order valence-electron chi connectivity index (χ0n) is 10.2. The second-order valence-corrected chi connectivity index (χ2v) is 5.30. The number of ether oxygens (including phenoxy) is 1. The molecule has 0 atom stereocenters. The summed E-state index contributed by atoms with van der Waals surface area (Å²) in [4.78, 5) is 11.4. The Morgan fingerprint density at radius 1 is 1.44 bits per heavy atom. The molecule has 6 heteroatoms. The highest BCUT2D eigenvalue weighted by Crippen LogP contribution is 2.27. The Kier molecular flexibility index (Phi) is 5.26. The molecule has 0 bridgehead atoms. The van der Waals surface area contributed by atoms with Crippen LogP contribution in [0.2, 0.25) is 10.0 Å². The summed E-state index contributed by atoms with van der Waals surface area (Å²) in [5, 5.41) is 12.8. The van der Waals surface area contributed by atoms with Crippen molar-refractivity contribution in [3.63, 3.8) is 0 Å². The van der Waals surface area contributed by atoms with Gasteiger partial charge in [0.25, 0.3) is 5.91 Å². The number of hydrogen-bond acceptors (Lipinski definition) is 3. The SMILES string of the molecule is CC(C)(O)CNC(=O)COc1cc(Cl)ccc1Cl. The van der Waals surface area contributed by atoms with Gasteiger partial charge in [0.05, 0.1) is 10.6 Å². The smallest absolute Gasteiger partial charge is 0.258 e. The lowest BCUT2D eigenvalue weighted by Gasteiger charge is -2.17. The maximum absolute atomic E-state index is 11.4. The Hall–Kier alpha value is -0.970. The zero-order valence-corrected chi connectivity index (χ0v) is 11.7. The molecule has 100 valence electrons. The van der Waals surface area contributed by atoms with Gasteiger partial charge in [-0.1, -0.05) is 23.2 Å². The molecule has 1 amide bonds. The van der Waals surface area contributed by atoms with Crippen molar-refractivity contribution < 1.29 is 14.6 Å². The lowest BCUT2D eigenvalue weighted by molar-refractivity contribution is -0.124. The van der Waals surface area contributed by atoms with Gasteiger partial charge in [-0.2, -0.15) is 0 Å². The molecule has 0 aliphatic heterocycles. The Morgan fingerprint density at radius 2 is 2.11 bits per heavy atom. The number of amides is 1. The average Bonchev–Trinajstić information content (AvgIpc) is 2.26. The number of nitrogens with one attached hydrogen (secondary N) is 1. The van der Waals surface area contributed by atoms with Crippen LogP contribution in [0.3, 0.4) is 0 Å². The highest BCUT2D eigenvalue weighted by molar-refractivity contribution is 6.34. The van der Waals surface area contributed by atoms with Crippen molar-refractivity contribution in [2.75, 3.05) is 13.2 Å². The Morgan fingerprint density at radius 3 is 2.72 bits per heavy atom. The number of carbonyl (C=O) groups excluding carboxylic acids is 1. The van der Waals surface area contributed by atoms with E-state index in [1.807, 2.05) is 0 Å². The molecule has 0 saturated carbocycles. The number of benzene rings is 1. The number of hydrogen-bond donors (Lipinski definition) is 2. The second kappa shape index (κ2) is 6.27. The third kappa shape index (κ3) is 5.58. The molecular weight excluding hydrogens is 277 g/mol. The van der Waals surface area contributed by atoms with E-state index in [4.69, 9.17) is 27.9 Å². The molecule has 1 aromatic carbocycles. The summed E-state index contributed by atoms with van der Waals surface area (Å²) in [6, 6.07) is 4.76. The van der Waals surface area contributed by atoms with Crippen LogP contribution in [0.1, 0.15) is 13.8 Å². The first kappa shape index (κ1) is 15.1. The number of rotatable bonds is 5. The number of halogens is 2. The van der Waals surface area contributed by atoms with E-state index in [1.165, 1.54) is 6.07 Å². The summed E-state index contributed by atoms with van der Waals surface area (Å²) in [7, 11) is 0. The third-order valence-electron chi connectivity index (χ3n) is 1.97. The summed E-state index contributed by atoms with van der Waals surface area (Å²) in [6.07, 6.45) is 0. The average molecular weight is 292 g/mol. The lowest BCUT2D eigenvalue weighted by Crippen LogP contribution is -2.40. The molecule has 0 fully saturated rings. The Balaban J connectivity index is 2.45. The van der Waals surface area contributed by atoms with Crippen LogP contribution in [0.5, 0.6) is 5.75 Å². The van der Waals surface area contributed by atoms with Crippen molar-refractivity contribution >= 4 is 29.1 Å². The van der Waals surface area contributed by atoms with E-state index in [0.29, 0.717) is 15.8 Å². The van der Waals surface area contributed by atoms with E-state index in [1.54, 1.807) is 26.0 Å². The van der Waals surface area contributed by atoms with Crippen LogP contribution in [0, 0.1) is 0 Å². The van der Waals surface area contributed by atoms with Gasteiger partial charge in [0.15, 0.2) is 6.61 Å². The highest BCUT2D eigenvalue weighted by atomic mass is 35.5. The van der Waals surface area contributed by atoms with Crippen molar-refractivity contribution in [2.45, 2.75) is 19.4 Å². The molecule has 2 N–H and O–H groups in total. The van der Waals surface area contributed by atoms with E-state index in [-0.39, 0.29) is 19.1 Å². The minimum Gasteiger partial charge on any atom is -0.482 e. The van der Waals surface area contributed by atoms with Crippen molar-refractivity contribution in [1.29, 1.82) is 0 Å². The molecule has 0 heterocycles. The molecule has 1 rings (SSSR count). The monoisotopic (exact) mass is 291 g/mol. The van der Waals surface area contributed by atoms with Crippen LogP contribution < -0.4 is 10.1 Å². The first-order valence-electron chi connectivity index (χ1n) is 5.35. The Labute approximate surface area is 116 Å². The first-order chi connectivity index (χ1) is 8.28. The predicted octanol–water partition coefficient (Wildman–Crippen LogP) is 2.26. The van der Waals surface area contributed by atoms with E-state index >= 15 is 0 Å². The fraction of sp³-hybridized carbons (Fsp3) is 0.417. The van der Waals surface area contributed by atoms with E-state index in [0.717, 1.165) is 0 Å². The van der Waals surface area contributed by atoms with Gasteiger partial charge in [0, 0.05) is 17.6 Å². The van der Waals surface area contributed by atoms with Gasteiger partial charge < -0.3 is 15.2 Å². The molecule has 0 aliphatic rings. The maximum atomic E-state index is 11.4. The minimum atomic E-state index is -0.955. The molecule has 0 saturated heterocycles. The standard InChI is InChI=1S/C12H15Cl2NO3/c1-12(2,17)7-15-11(16)6-18-10-5-8(13)3-4-9(10)14/h3-5,17H,6-7H2,1-2H3,(H,15,16). The quantitative estimate of drug-likeness (QED) is 0.875. The van der Waals surface area contributed by atoms with Crippen molar-refractivity contribution in [1.82, 2.24) is 5.32 Å². The minimum absolute atomic E-state index is 0.151. The summed E-state index contributed by atoms with van der Waals surface area (Å²) in [5.74, 6) is 0.00995. The summed E-state index contributed by atoms with van der Waals surface area (Å²) in [5.41, 5.74) is -0.955. The fourth-order valence-electron chi connectivity index (χ4n) is 1.10. The molecular formula is C12H15Cl2NO3. The molecule has 0 aromatic heterocycles. The second-order valence-electron chi connectivity index (χ2n) is 4.45. The van der Waals surface area contributed by atoms with Crippen LogP contribution in [0.4, 0.5) is 0 Å². The lowest BCUT2D eigenvalue weighted by atomic mass is 10.1. The molecule has 0 aliphatic carbocycles. The molecule has 4 nitrogen and oxygen atoms in total. The predicted molar refractivity (Wildman–Crippen MR) is 71.3 cm³/mol. The van der Waals surface area contributed by atoms with Crippen molar-refractivity contribution in [3.8, 4) is 5.75 Å². The van der Waals surface area contributed by atoms with E-state index in [9.17, 15) is 9.90 Å². The van der Waals surface area contributed by atoms with Crippen LogP contribution in [0.25, 0.3) is 0 Å². The van der Waals surface area contributed by atoms with Crippen LogP contribution >= 0.6 is 23.2 Å². The fourth-order valence-corrected chi connectivity index (χ4v) is 1.43. The normalized spacial score (nSPS) is 11.2. The van der Waals surface area contributed by atoms with Crippen molar-refractivity contribution in [3.05, 3.63) is 28.2 Å². The van der Waals surface area contributed by atoms with Crippen molar-refractivity contribution in [2.24, 2.45) is 0 Å². The Bertz CT molecular complexity index is 430. The first-order valence-corrected chi connectivity index (χ1v) is 6.10. The van der Waals surface area contributed by atoms with Crippen LogP contribution in [0.15, 0.2) is 18.2 Å². The third-order valence-corrected chi connectivity index (χ3v) is 2.52. The summed E-state index contributed by atoms with van der Waals surface area (Å²) >= 11 is 11.7. The number of aliphatic hydroxyl groups is 1. The molecule has 1 aromatic rings. The van der Waals surface area contributed by atoms with Crippen LogP contribution in [-0.4, -0.2) is 29.8 Å². The van der Waals surface area contributed by atoms with Gasteiger partial charge in [0.1, 0.15) is 5.75 Å². The van der Waals surface area contributed by atoms with Crippen LogP contribution in [-0.2, 0) is 4.79 Å². The van der Waals surface area contributed by atoms with E-state index in [2.05, 4.69) is 5.32 Å². The topological polar surface area (TPSA) is 58.6 Å². The number of carbonyl (C=O) groups is 1. The maximum Gasteiger partial charge on any atom is 0.258 e. The van der Waals surface area contributed by atoms with Gasteiger partial charge in [0.2, 0.25) is 0 Å². The summed E-state index contributed by atoms with van der Waals surface area (Å²) < 4.78 is 5.23. The highest BCUT2D eigenvalue weighted by Gasteiger charge is 2.14. The zero-order chi connectivity index (χ0) is 13.8. The van der Waals surface area contributed by atoms with Gasteiger partial charge in [-0.3, -0.25) is 4.79 Å². The van der Waals surface area contributed by atoms with Gasteiger partial charge in [-0.15, -0.1) is 0 Å². The molecule has 0 radical (unpaired) electrons.